The number of carbonyl (C=O) groups excluding carboxylic acids is 1. The van der Waals surface area contributed by atoms with E-state index in [4.69, 9.17) is 0 Å². The lowest BCUT2D eigenvalue weighted by atomic mass is 10.1. The molecule has 2 aromatic heterocycles. The van der Waals surface area contributed by atoms with Gasteiger partial charge >= 0.3 is 10.0 Å². The molecule has 1 amide bonds. The molecule has 3 heterocycles. The molecule has 0 saturated heterocycles. The number of hydrogen-bond donors (Lipinski definition) is 1. The summed E-state index contributed by atoms with van der Waals surface area (Å²) in [7, 11) is -4.21. The van der Waals surface area contributed by atoms with E-state index in [0.717, 1.165) is 23.0 Å². The average molecular weight is 455 g/mol. The van der Waals surface area contributed by atoms with Gasteiger partial charge in [0, 0.05) is 30.1 Å². The minimum Gasteiger partial charge on any atom is -0.378 e. The highest BCUT2D eigenvalue weighted by molar-refractivity contribution is 7.89. The van der Waals surface area contributed by atoms with Gasteiger partial charge in [-0.25, -0.2) is 13.2 Å². The fourth-order valence-corrected chi connectivity index (χ4v) is 4.33. The fraction of sp³-hybridized carbons (Fsp3) is 0.278. The Balaban J connectivity index is 1.50. The first kappa shape index (κ1) is 21.1. The molecule has 0 radical (unpaired) electrons. The zero-order valence-electron chi connectivity index (χ0n) is 15.8. The second-order valence-electron chi connectivity index (χ2n) is 6.86. The van der Waals surface area contributed by atoms with Gasteiger partial charge in [-0.1, -0.05) is 18.2 Å². The second-order valence-corrected chi connectivity index (χ2v) is 8.61. The molecular weight excluding hydrogens is 439 g/mol. The van der Waals surface area contributed by atoms with E-state index in [-0.39, 0.29) is 24.3 Å². The number of aromatic nitrogens is 4. The summed E-state index contributed by atoms with van der Waals surface area (Å²) >= 11 is 0. The Hall–Kier alpha value is -3.19. The van der Waals surface area contributed by atoms with Gasteiger partial charge in [-0.15, -0.1) is 0 Å². The summed E-state index contributed by atoms with van der Waals surface area (Å²) < 4.78 is 65.5. The SMILES string of the molecule is O=C([C@H](O)c1ccccc1F)N1Cc2cn(S(=O)(=O)c3ccn(CC(F)F)n3)nc2C1. The predicted octanol–water partition coefficient (Wildman–Crippen LogP) is 1.30. The maximum absolute atomic E-state index is 13.8. The molecule has 9 nitrogen and oxygen atoms in total. The van der Waals surface area contributed by atoms with E-state index in [1.54, 1.807) is 0 Å². The summed E-state index contributed by atoms with van der Waals surface area (Å²) in [4.78, 5) is 13.8. The molecule has 0 saturated carbocycles. The molecule has 0 aliphatic carbocycles. The Bertz CT molecular complexity index is 1220. The van der Waals surface area contributed by atoms with Gasteiger partial charge in [0.1, 0.15) is 12.4 Å². The highest BCUT2D eigenvalue weighted by Gasteiger charge is 2.33. The van der Waals surface area contributed by atoms with E-state index in [2.05, 4.69) is 10.2 Å². The zero-order valence-corrected chi connectivity index (χ0v) is 16.6. The average Bonchev–Trinajstić information content (AvgIpc) is 3.41. The number of rotatable bonds is 6. The van der Waals surface area contributed by atoms with Crippen LogP contribution in [0.4, 0.5) is 13.2 Å². The van der Waals surface area contributed by atoms with Crippen LogP contribution in [0.3, 0.4) is 0 Å². The van der Waals surface area contributed by atoms with Crippen molar-refractivity contribution in [3.05, 3.63) is 65.4 Å². The van der Waals surface area contributed by atoms with Crippen LogP contribution in [0.2, 0.25) is 0 Å². The lowest BCUT2D eigenvalue weighted by Crippen LogP contribution is -2.31. The Morgan fingerprint density at radius 3 is 2.58 bits per heavy atom. The number of nitrogens with zero attached hydrogens (tertiary/aromatic N) is 5. The zero-order chi connectivity index (χ0) is 22.3. The molecule has 0 unspecified atom stereocenters. The topological polar surface area (TPSA) is 110 Å². The monoisotopic (exact) mass is 455 g/mol. The van der Waals surface area contributed by atoms with Crippen LogP contribution in [0, 0.1) is 5.82 Å². The van der Waals surface area contributed by atoms with E-state index in [1.807, 2.05) is 0 Å². The maximum atomic E-state index is 13.8. The number of alkyl halides is 2. The molecule has 1 aliphatic rings. The number of aliphatic hydroxyl groups is 1. The minimum atomic E-state index is -4.21. The summed E-state index contributed by atoms with van der Waals surface area (Å²) in [5.74, 6) is -1.47. The summed E-state index contributed by atoms with van der Waals surface area (Å²) in [6.45, 7) is -0.858. The third-order valence-electron chi connectivity index (χ3n) is 4.76. The third-order valence-corrected chi connectivity index (χ3v) is 6.18. The van der Waals surface area contributed by atoms with E-state index in [1.165, 1.54) is 29.3 Å². The molecular formula is C18H16F3N5O4S. The van der Waals surface area contributed by atoms with Crippen LogP contribution in [0.15, 0.2) is 47.8 Å². The van der Waals surface area contributed by atoms with Gasteiger partial charge in [-0.2, -0.15) is 22.7 Å². The Labute approximate surface area is 174 Å². The third kappa shape index (κ3) is 3.93. The van der Waals surface area contributed by atoms with Gasteiger partial charge in [-0.3, -0.25) is 9.48 Å². The van der Waals surface area contributed by atoms with Gasteiger partial charge < -0.3 is 10.0 Å². The van der Waals surface area contributed by atoms with Crippen LogP contribution in [0.1, 0.15) is 22.9 Å². The van der Waals surface area contributed by atoms with Crippen molar-refractivity contribution < 1.29 is 31.5 Å². The fourth-order valence-electron chi connectivity index (χ4n) is 3.23. The molecule has 4 rings (SSSR count). The number of fused-ring (bicyclic) bond motifs is 1. The normalized spacial score (nSPS) is 14.8. The molecule has 1 aromatic carbocycles. The van der Waals surface area contributed by atoms with Crippen LogP contribution < -0.4 is 0 Å². The standard InChI is InChI=1S/C18H16F3N5O4S/c19-13-4-2-1-3-12(13)17(27)18(28)24-7-11-8-26(22-14(11)9-24)31(29,30)16-5-6-25(23-16)10-15(20)21/h1-6,8,15,17,27H,7,9-10H2/t17-/m1/s1. The molecule has 0 spiro atoms. The predicted molar refractivity (Wildman–Crippen MR) is 98.7 cm³/mol. The van der Waals surface area contributed by atoms with Gasteiger partial charge in [0.2, 0.25) is 0 Å². The Kier molecular flexibility index (Phi) is 5.31. The molecule has 31 heavy (non-hydrogen) atoms. The number of halogens is 3. The van der Waals surface area contributed by atoms with Crippen molar-refractivity contribution in [3.8, 4) is 0 Å². The summed E-state index contributed by atoms with van der Waals surface area (Å²) in [5, 5.41) is 17.4. The first-order valence-corrected chi connectivity index (χ1v) is 10.5. The molecule has 1 atom stereocenters. The van der Waals surface area contributed by atoms with Crippen molar-refractivity contribution >= 4 is 15.9 Å². The molecule has 0 fully saturated rings. The number of aliphatic hydroxyl groups excluding tert-OH is 1. The van der Waals surface area contributed by atoms with Gasteiger partial charge in [0.05, 0.1) is 12.2 Å². The maximum Gasteiger partial charge on any atom is 0.302 e. The quantitative estimate of drug-likeness (QED) is 0.600. The van der Waals surface area contributed by atoms with Gasteiger partial charge in [-0.05, 0) is 12.1 Å². The summed E-state index contributed by atoms with van der Waals surface area (Å²) in [6.07, 6.45) is -2.08. The van der Waals surface area contributed by atoms with Crippen molar-refractivity contribution in [1.29, 1.82) is 0 Å². The van der Waals surface area contributed by atoms with Crippen molar-refractivity contribution in [2.24, 2.45) is 0 Å². The first-order valence-electron chi connectivity index (χ1n) is 9.02. The van der Waals surface area contributed by atoms with E-state index in [9.17, 15) is 31.5 Å². The highest BCUT2D eigenvalue weighted by Crippen LogP contribution is 2.27. The van der Waals surface area contributed by atoms with Crippen molar-refractivity contribution in [2.45, 2.75) is 37.2 Å². The van der Waals surface area contributed by atoms with E-state index < -0.39 is 45.8 Å². The number of amides is 1. The van der Waals surface area contributed by atoms with Crippen molar-refractivity contribution in [2.75, 3.05) is 0 Å². The molecule has 1 aliphatic heterocycles. The van der Waals surface area contributed by atoms with Crippen LogP contribution in [-0.2, 0) is 34.5 Å². The Morgan fingerprint density at radius 2 is 1.90 bits per heavy atom. The highest BCUT2D eigenvalue weighted by atomic mass is 32.2. The summed E-state index contributed by atoms with van der Waals surface area (Å²) in [6, 6.07) is 6.44. The van der Waals surface area contributed by atoms with Crippen molar-refractivity contribution in [3.63, 3.8) is 0 Å². The van der Waals surface area contributed by atoms with Gasteiger partial charge in [0.25, 0.3) is 12.3 Å². The number of benzene rings is 1. The van der Waals surface area contributed by atoms with E-state index in [0.29, 0.717) is 9.65 Å². The lowest BCUT2D eigenvalue weighted by Gasteiger charge is -2.20. The largest absolute Gasteiger partial charge is 0.378 e. The van der Waals surface area contributed by atoms with Crippen LogP contribution in [-0.4, -0.2) is 49.7 Å². The van der Waals surface area contributed by atoms with Crippen LogP contribution >= 0.6 is 0 Å². The van der Waals surface area contributed by atoms with Crippen LogP contribution in [0.25, 0.3) is 0 Å². The number of hydrogen-bond acceptors (Lipinski definition) is 6. The smallest absolute Gasteiger partial charge is 0.302 e. The minimum absolute atomic E-state index is 0.0327. The summed E-state index contributed by atoms with van der Waals surface area (Å²) in [5.41, 5.74) is 0.540. The molecule has 164 valence electrons. The molecule has 0 bridgehead atoms. The van der Waals surface area contributed by atoms with Crippen LogP contribution in [0.5, 0.6) is 0 Å². The molecule has 13 heteroatoms. The van der Waals surface area contributed by atoms with E-state index >= 15 is 0 Å². The molecule has 3 aromatic rings. The lowest BCUT2D eigenvalue weighted by molar-refractivity contribution is -0.141. The molecule has 1 N–H and O–H groups in total. The Morgan fingerprint density at radius 1 is 1.16 bits per heavy atom. The first-order chi connectivity index (χ1) is 14.7. The van der Waals surface area contributed by atoms with Crippen molar-refractivity contribution in [1.82, 2.24) is 23.9 Å². The second kappa shape index (κ2) is 7.81. The number of carbonyl (C=O) groups is 1. The van der Waals surface area contributed by atoms with Gasteiger partial charge in [0.15, 0.2) is 11.1 Å².